The molecule has 0 aliphatic rings. The van der Waals surface area contributed by atoms with Gasteiger partial charge in [-0.1, -0.05) is 79.7 Å². The molecule has 43 heavy (non-hydrogen) atoms. The Balaban J connectivity index is 1.41. The summed E-state index contributed by atoms with van der Waals surface area (Å²) >= 11 is 0. The topological polar surface area (TPSA) is 88.1 Å². The fourth-order valence-corrected chi connectivity index (χ4v) is 4.70. The number of nitrogens with one attached hydrogen (secondary N) is 1. The Morgan fingerprint density at radius 3 is 2.21 bits per heavy atom. The number of Topliss-reactive ketones (excluding diaryl/α,β-unsaturated/α-hetero) is 1. The van der Waals surface area contributed by atoms with Crippen molar-refractivity contribution in [3.63, 3.8) is 0 Å². The molecule has 0 saturated carbocycles. The highest BCUT2D eigenvalue weighted by Crippen LogP contribution is 2.25. The predicted octanol–water partition coefficient (Wildman–Crippen LogP) is 6.65. The van der Waals surface area contributed by atoms with Gasteiger partial charge in [0, 0.05) is 18.2 Å². The van der Waals surface area contributed by atoms with Crippen LogP contribution in [-0.4, -0.2) is 47.5 Å². The fourth-order valence-electron chi connectivity index (χ4n) is 4.70. The molecule has 1 amide bonds. The van der Waals surface area contributed by atoms with E-state index in [0.29, 0.717) is 25.3 Å². The smallest absolute Gasteiger partial charge is 0.250 e. The normalized spacial score (nSPS) is 11.7. The molecule has 0 bridgehead atoms. The first-order valence-corrected chi connectivity index (χ1v) is 14.7. The lowest BCUT2D eigenvalue weighted by Crippen LogP contribution is -2.38. The maximum atomic E-state index is 13.5. The Morgan fingerprint density at radius 2 is 1.53 bits per heavy atom. The Bertz CT molecular complexity index is 1440. The van der Waals surface area contributed by atoms with Crippen molar-refractivity contribution in [1.29, 1.82) is 0 Å². The van der Waals surface area contributed by atoms with Gasteiger partial charge in [0.05, 0.1) is 25.4 Å². The van der Waals surface area contributed by atoms with Crippen LogP contribution in [0.25, 0.3) is 0 Å². The fraction of sp³-hybridized carbons (Fsp3) is 0.278. The first-order chi connectivity index (χ1) is 20.9. The molecule has 4 aromatic rings. The van der Waals surface area contributed by atoms with E-state index in [-0.39, 0.29) is 36.4 Å². The van der Waals surface area contributed by atoms with Gasteiger partial charge in [0.1, 0.15) is 18.1 Å². The maximum Gasteiger partial charge on any atom is 0.250 e. The van der Waals surface area contributed by atoms with E-state index in [4.69, 9.17) is 9.47 Å². The van der Waals surface area contributed by atoms with Gasteiger partial charge in [0.15, 0.2) is 5.78 Å². The lowest BCUT2D eigenvalue weighted by molar-refractivity contribution is -0.121. The molecule has 0 spiro atoms. The Labute approximate surface area is 254 Å². The highest BCUT2D eigenvalue weighted by Gasteiger charge is 2.20. The molecule has 7 heteroatoms. The van der Waals surface area contributed by atoms with E-state index in [0.717, 1.165) is 35.3 Å². The number of carbonyl (C=O) groups is 2. The Hall–Kier alpha value is -4.46. The average molecular weight is 581 g/mol. The molecule has 1 unspecified atom stereocenters. The number of anilines is 1. The number of rotatable bonds is 16. The third-order valence-corrected chi connectivity index (χ3v) is 7.06. The predicted molar refractivity (Wildman–Crippen MR) is 169 cm³/mol. The molecule has 4 rings (SSSR count). The van der Waals surface area contributed by atoms with E-state index in [1.165, 1.54) is 12.1 Å². The lowest BCUT2D eigenvalue weighted by atomic mass is 10.0. The van der Waals surface area contributed by atoms with Crippen LogP contribution in [0.1, 0.15) is 47.3 Å². The molecule has 0 saturated heterocycles. The monoisotopic (exact) mass is 580 g/mol. The molecule has 0 aliphatic heterocycles. The van der Waals surface area contributed by atoms with Gasteiger partial charge in [-0.3, -0.25) is 14.5 Å². The number of hydrogen-bond donors (Lipinski definition) is 2. The molecule has 0 heterocycles. The van der Waals surface area contributed by atoms with Crippen LogP contribution in [0.4, 0.5) is 5.69 Å². The van der Waals surface area contributed by atoms with E-state index in [2.05, 4.69) is 48.3 Å². The van der Waals surface area contributed by atoms with Gasteiger partial charge in [-0.2, -0.15) is 0 Å². The zero-order valence-electron chi connectivity index (χ0n) is 24.9. The molecule has 0 fully saturated rings. The minimum Gasteiger partial charge on any atom is -0.506 e. The van der Waals surface area contributed by atoms with Crippen LogP contribution < -0.4 is 10.1 Å². The van der Waals surface area contributed by atoms with Crippen molar-refractivity contribution in [2.45, 2.75) is 45.9 Å². The third-order valence-electron chi connectivity index (χ3n) is 7.06. The van der Waals surface area contributed by atoms with Crippen molar-refractivity contribution in [2.24, 2.45) is 0 Å². The number of amides is 1. The molecule has 224 valence electrons. The summed E-state index contributed by atoms with van der Waals surface area (Å²) in [5, 5.41) is 13.0. The van der Waals surface area contributed by atoms with E-state index in [9.17, 15) is 14.7 Å². The van der Waals surface area contributed by atoms with Crippen molar-refractivity contribution in [3.05, 3.63) is 125 Å². The molecule has 4 aromatic carbocycles. The van der Waals surface area contributed by atoms with Crippen LogP contribution in [0.5, 0.6) is 11.5 Å². The van der Waals surface area contributed by atoms with Gasteiger partial charge in [0.25, 0.3) is 0 Å². The number of benzene rings is 4. The largest absolute Gasteiger partial charge is 0.506 e. The van der Waals surface area contributed by atoms with Crippen LogP contribution in [0.2, 0.25) is 0 Å². The second kappa shape index (κ2) is 16.2. The minimum atomic E-state index is -0.415. The summed E-state index contributed by atoms with van der Waals surface area (Å²) in [6.45, 7) is 5.78. The van der Waals surface area contributed by atoms with Crippen LogP contribution >= 0.6 is 0 Å². The molecule has 2 N–H and O–H groups in total. The zero-order chi connectivity index (χ0) is 30.4. The summed E-state index contributed by atoms with van der Waals surface area (Å²) in [5.41, 5.74) is 3.80. The molecule has 0 radical (unpaired) electrons. The minimum absolute atomic E-state index is 0.0598. The van der Waals surface area contributed by atoms with Crippen LogP contribution in [0.3, 0.4) is 0 Å². The highest BCUT2D eigenvalue weighted by atomic mass is 16.5. The van der Waals surface area contributed by atoms with Crippen molar-refractivity contribution < 1.29 is 24.2 Å². The summed E-state index contributed by atoms with van der Waals surface area (Å²) in [6.07, 6.45) is 1.72. The SMILES string of the molecule is CCCOc1ccc(CC(C)N(CC(=O)c2ccc(O)c(NC(=O)COCc3ccccc3)c2)Cc2ccccc2)cc1. The zero-order valence-corrected chi connectivity index (χ0v) is 24.9. The molecular formula is C36H40N2O5. The van der Waals surface area contributed by atoms with Crippen molar-refractivity contribution in [2.75, 3.05) is 25.1 Å². The van der Waals surface area contributed by atoms with E-state index < -0.39 is 5.91 Å². The number of hydrogen-bond acceptors (Lipinski definition) is 6. The maximum absolute atomic E-state index is 13.5. The number of phenolic OH excluding ortho intramolecular Hbond substituents is 1. The second-order valence-corrected chi connectivity index (χ2v) is 10.6. The number of ether oxygens (including phenoxy) is 2. The Kier molecular flexibility index (Phi) is 11.9. The summed E-state index contributed by atoms with van der Waals surface area (Å²) in [5.74, 6) is 0.213. The van der Waals surface area contributed by atoms with Crippen LogP contribution in [0.15, 0.2) is 103 Å². The van der Waals surface area contributed by atoms with E-state index in [1.807, 2.05) is 60.7 Å². The van der Waals surface area contributed by atoms with Crippen LogP contribution in [0, 0.1) is 0 Å². The first-order valence-electron chi connectivity index (χ1n) is 14.7. The first kappa shape index (κ1) is 31.5. The van der Waals surface area contributed by atoms with Gasteiger partial charge < -0.3 is 19.9 Å². The number of carbonyl (C=O) groups excluding carboxylic acids is 2. The van der Waals surface area contributed by atoms with Gasteiger partial charge in [-0.15, -0.1) is 0 Å². The van der Waals surface area contributed by atoms with Gasteiger partial charge in [0.2, 0.25) is 5.91 Å². The molecular weight excluding hydrogens is 540 g/mol. The second-order valence-electron chi connectivity index (χ2n) is 10.6. The molecule has 7 nitrogen and oxygen atoms in total. The van der Waals surface area contributed by atoms with E-state index in [1.54, 1.807) is 6.07 Å². The van der Waals surface area contributed by atoms with Gasteiger partial charge >= 0.3 is 0 Å². The van der Waals surface area contributed by atoms with Gasteiger partial charge in [-0.05, 0) is 66.8 Å². The third kappa shape index (κ3) is 10.1. The number of ketones is 1. The van der Waals surface area contributed by atoms with Crippen molar-refractivity contribution in [1.82, 2.24) is 4.90 Å². The summed E-state index contributed by atoms with van der Waals surface area (Å²) in [6, 6.07) is 32.3. The highest BCUT2D eigenvalue weighted by molar-refractivity contribution is 6.00. The lowest BCUT2D eigenvalue weighted by Gasteiger charge is -2.29. The summed E-state index contributed by atoms with van der Waals surface area (Å²) in [4.78, 5) is 28.2. The van der Waals surface area contributed by atoms with E-state index >= 15 is 0 Å². The average Bonchev–Trinajstić information content (AvgIpc) is 3.02. The molecule has 1 atom stereocenters. The number of phenols is 1. The summed E-state index contributed by atoms with van der Waals surface area (Å²) < 4.78 is 11.2. The summed E-state index contributed by atoms with van der Waals surface area (Å²) in [7, 11) is 0. The quantitative estimate of drug-likeness (QED) is 0.114. The number of nitrogens with zero attached hydrogens (tertiary/aromatic N) is 1. The van der Waals surface area contributed by atoms with Crippen molar-refractivity contribution >= 4 is 17.4 Å². The van der Waals surface area contributed by atoms with Crippen molar-refractivity contribution in [3.8, 4) is 11.5 Å². The molecule has 0 aromatic heterocycles. The standard InChI is InChI=1S/C36H40N2O5/c1-3-20-43-32-17-14-28(15-18-32)21-27(2)38(23-29-10-6-4-7-11-29)24-35(40)31-16-19-34(39)33(22-31)37-36(41)26-42-25-30-12-8-5-9-13-30/h4-19,22,27,39H,3,20-21,23-26H2,1-2H3,(H,37,41). The van der Waals surface area contributed by atoms with Gasteiger partial charge in [-0.25, -0.2) is 0 Å². The Morgan fingerprint density at radius 1 is 0.860 bits per heavy atom. The molecule has 0 aliphatic carbocycles. The van der Waals surface area contributed by atoms with Crippen LogP contribution in [-0.2, 0) is 29.1 Å². The number of aromatic hydroxyl groups is 1.